The van der Waals surface area contributed by atoms with E-state index in [4.69, 9.17) is 13.9 Å². The fourth-order valence-electron chi connectivity index (χ4n) is 4.45. The molecule has 1 unspecified atom stereocenters. The van der Waals surface area contributed by atoms with Crippen LogP contribution in [-0.4, -0.2) is 93.6 Å². The fraction of sp³-hybridized carbons (Fsp3) is 0.560. The maximum Gasteiger partial charge on any atom is 0.243 e. The standard InChI is InChI=1S/C25H35N3O6S/c29-25(27(19-22-7-4-15-33-22)20-23-8-5-16-34-23)21-28(12-6-11-26-13-17-32-18-14-26)35(30,31)24-9-2-1-3-10-24/h1-4,7,9-10,15,23H,5-6,8,11-14,16-21H2. The van der Waals surface area contributed by atoms with Gasteiger partial charge in [0.05, 0.1) is 43.6 Å². The van der Waals surface area contributed by atoms with Crippen LogP contribution in [0, 0.1) is 0 Å². The van der Waals surface area contributed by atoms with E-state index in [1.54, 1.807) is 47.6 Å². The number of hydrogen-bond donors (Lipinski definition) is 0. The molecule has 0 bridgehead atoms. The highest BCUT2D eigenvalue weighted by molar-refractivity contribution is 7.89. The van der Waals surface area contributed by atoms with Crippen LogP contribution in [0.3, 0.4) is 0 Å². The number of ether oxygens (including phenoxy) is 2. The van der Waals surface area contributed by atoms with E-state index in [1.807, 2.05) is 6.07 Å². The molecule has 0 N–H and O–H groups in total. The van der Waals surface area contributed by atoms with Crippen molar-refractivity contribution >= 4 is 15.9 Å². The zero-order valence-electron chi connectivity index (χ0n) is 20.1. The predicted octanol–water partition coefficient (Wildman–Crippen LogP) is 2.20. The van der Waals surface area contributed by atoms with Crippen molar-refractivity contribution in [1.82, 2.24) is 14.1 Å². The lowest BCUT2D eigenvalue weighted by molar-refractivity contribution is -0.134. The molecule has 0 aliphatic carbocycles. The van der Waals surface area contributed by atoms with E-state index in [-0.39, 0.29) is 36.5 Å². The first kappa shape index (κ1) is 25.8. The Morgan fingerprint density at radius 2 is 1.86 bits per heavy atom. The van der Waals surface area contributed by atoms with Gasteiger partial charge in [-0.2, -0.15) is 4.31 Å². The predicted molar refractivity (Wildman–Crippen MR) is 130 cm³/mol. The van der Waals surface area contributed by atoms with Crippen molar-refractivity contribution < 1.29 is 27.1 Å². The van der Waals surface area contributed by atoms with E-state index >= 15 is 0 Å². The van der Waals surface area contributed by atoms with Gasteiger partial charge in [-0.15, -0.1) is 0 Å². The van der Waals surface area contributed by atoms with Crippen molar-refractivity contribution in [3.63, 3.8) is 0 Å². The number of sulfonamides is 1. The Balaban J connectivity index is 1.48. The Morgan fingerprint density at radius 1 is 1.06 bits per heavy atom. The van der Waals surface area contributed by atoms with E-state index in [0.29, 0.717) is 38.5 Å². The molecule has 2 aliphatic rings. The minimum Gasteiger partial charge on any atom is -0.467 e. The van der Waals surface area contributed by atoms with Crippen molar-refractivity contribution in [1.29, 1.82) is 0 Å². The number of carbonyl (C=O) groups is 1. The Bertz CT molecular complexity index is 1000. The number of amides is 1. The molecule has 4 rings (SSSR count). The van der Waals surface area contributed by atoms with Gasteiger partial charge < -0.3 is 18.8 Å². The van der Waals surface area contributed by atoms with Gasteiger partial charge in [0.15, 0.2) is 0 Å². The van der Waals surface area contributed by atoms with E-state index in [2.05, 4.69) is 4.90 Å². The highest BCUT2D eigenvalue weighted by Gasteiger charge is 2.30. The number of rotatable bonds is 12. The smallest absolute Gasteiger partial charge is 0.243 e. The van der Waals surface area contributed by atoms with Crippen LogP contribution in [0.15, 0.2) is 58.0 Å². The van der Waals surface area contributed by atoms with Gasteiger partial charge in [0.1, 0.15) is 5.76 Å². The lowest BCUT2D eigenvalue weighted by Crippen LogP contribution is -2.46. The Morgan fingerprint density at radius 3 is 2.54 bits per heavy atom. The molecule has 1 aromatic heterocycles. The summed E-state index contributed by atoms with van der Waals surface area (Å²) >= 11 is 0. The van der Waals surface area contributed by atoms with Crippen LogP contribution >= 0.6 is 0 Å². The highest BCUT2D eigenvalue weighted by Crippen LogP contribution is 2.19. The van der Waals surface area contributed by atoms with Gasteiger partial charge in [-0.05, 0) is 50.1 Å². The van der Waals surface area contributed by atoms with Gasteiger partial charge in [-0.25, -0.2) is 8.42 Å². The fourth-order valence-corrected chi connectivity index (χ4v) is 5.90. The van der Waals surface area contributed by atoms with Crippen LogP contribution in [0.25, 0.3) is 0 Å². The van der Waals surface area contributed by atoms with Crippen LogP contribution in [-0.2, 0) is 30.8 Å². The minimum absolute atomic E-state index is 0.0468. The Labute approximate surface area is 207 Å². The van der Waals surface area contributed by atoms with Crippen LogP contribution in [0.1, 0.15) is 25.0 Å². The molecule has 0 radical (unpaired) electrons. The maximum atomic E-state index is 13.5. The van der Waals surface area contributed by atoms with Crippen molar-refractivity contribution in [2.75, 3.05) is 59.1 Å². The number of morpholine rings is 1. The molecule has 1 atom stereocenters. The van der Waals surface area contributed by atoms with Crippen LogP contribution in [0.4, 0.5) is 0 Å². The summed E-state index contributed by atoms with van der Waals surface area (Å²) in [6.45, 7) is 5.21. The molecule has 0 spiro atoms. The summed E-state index contributed by atoms with van der Waals surface area (Å²) in [7, 11) is -3.83. The summed E-state index contributed by atoms with van der Waals surface area (Å²) < 4.78 is 45.0. The van der Waals surface area contributed by atoms with Crippen molar-refractivity contribution in [3.8, 4) is 0 Å². The van der Waals surface area contributed by atoms with Gasteiger partial charge in [0, 0.05) is 32.8 Å². The number of benzene rings is 1. The Hall–Kier alpha value is -2.24. The van der Waals surface area contributed by atoms with Gasteiger partial charge in [-0.1, -0.05) is 18.2 Å². The van der Waals surface area contributed by atoms with Gasteiger partial charge >= 0.3 is 0 Å². The molecule has 2 fully saturated rings. The molecule has 1 amide bonds. The number of carbonyl (C=O) groups excluding carboxylic acids is 1. The molecule has 3 heterocycles. The summed E-state index contributed by atoms with van der Waals surface area (Å²) in [5, 5.41) is 0. The number of hydrogen-bond acceptors (Lipinski definition) is 7. The van der Waals surface area contributed by atoms with Crippen LogP contribution in [0.5, 0.6) is 0 Å². The molecule has 1 aromatic carbocycles. The van der Waals surface area contributed by atoms with Gasteiger partial charge in [0.25, 0.3) is 0 Å². The number of furan rings is 1. The van der Waals surface area contributed by atoms with E-state index in [9.17, 15) is 13.2 Å². The van der Waals surface area contributed by atoms with Crippen molar-refractivity contribution in [3.05, 3.63) is 54.5 Å². The minimum atomic E-state index is -3.83. The van der Waals surface area contributed by atoms with E-state index in [0.717, 1.165) is 32.5 Å². The molecule has 9 nitrogen and oxygen atoms in total. The molecule has 0 saturated carbocycles. The van der Waals surface area contributed by atoms with E-state index < -0.39 is 10.0 Å². The summed E-state index contributed by atoms with van der Waals surface area (Å²) in [4.78, 5) is 17.6. The average molecular weight is 506 g/mol. The SMILES string of the molecule is O=C(CN(CCCN1CCOCC1)S(=O)(=O)c1ccccc1)N(Cc1ccco1)CC1CCCO1. The first-order valence-electron chi connectivity index (χ1n) is 12.3. The second kappa shape index (κ2) is 12.6. The van der Waals surface area contributed by atoms with Crippen molar-refractivity contribution in [2.24, 2.45) is 0 Å². The maximum absolute atomic E-state index is 13.5. The highest BCUT2D eigenvalue weighted by atomic mass is 32.2. The second-order valence-electron chi connectivity index (χ2n) is 8.95. The third kappa shape index (κ3) is 7.37. The number of nitrogens with zero attached hydrogens (tertiary/aromatic N) is 3. The van der Waals surface area contributed by atoms with Gasteiger partial charge in [-0.3, -0.25) is 9.69 Å². The molecule has 10 heteroatoms. The van der Waals surface area contributed by atoms with Gasteiger partial charge in [0.2, 0.25) is 15.9 Å². The third-order valence-corrected chi connectivity index (χ3v) is 8.27. The molecule has 2 saturated heterocycles. The lowest BCUT2D eigenvalue weighted by atomic mass is 10.2. The molecular formula is C25H35N3O6S. The monoisotopic (exact) mass is 505 g/mol. The summed E-state index contributed by atoms with van der Waals surface area (Å²) in [5.74, 6) is 0.393. The van der Waals surface area contributed by atoms with E-state index in [1.165, 1.54) is 4.31 Å². The quantitative estimate of drug-likeness (QED) is 0.437. The average Bonchev–Trinajstić information content (AvgIpc) is 3.59. The summed E-state index contributed by atoms with van der Waals surface area (Å²) in [6, 6.07) is 11.9. The van der Waals surface area contributed by atoms with Crippen LogP contribution in [0.2, 0.25) is 0 Å². The normalized spacial score (nSPS) is 19.3. The largest absolute Gasteiger partial charge is 0.467 e. The van der Waals surface area contributed by atoms with Crippen molar-refractivity contribution in [2.45, 2.75) is 36.8 Å². The molecule has 192 valence electrons. The topological polar surface area (TPSA) is 92.5 Å². The molecular weight excluding hydrogens is 470 g/mol. The first-order valence-corrected chi connectivity index (χ1v) is 13.7. The first-order chi connectivity index (χ1) is 17.0. The molecule has 2 aliphatic heterocycles. The summed E-state index contributed by atoms with van der Waals surface area (Å²) in [5.41, 5.74) is 0. The zero-order chi connectivity index (χ0) is 24.5. The molecule has 2 aromatic rings. The summed E-state index contributed by atoms with van der Waals surface area (Å²) in [6.07, 6.45) is 4.00. The second-order valence-corrected chi connectivity index (χ2v) is 10.9. The Kier molecular flexibility index (Phi) is 9.33. The zero-order valence-corrected chi connectivity index (χ0v) is 20.9. The lowest BCUT2D eigenvalue weighted by Gasteiger charge is -2.30. The third-order valence-electron chi connectivity index (χ3n) is 6.41. The van der Waals surface area contributed by atoms with Crippen LogP contribution < -0.4 is 0 Å². The molecule has 35 heavy (non-hydrogen) atoms.